The molecule has 0 aromatic carbocycles. The van der Waals surface area contributed by atoms with Crippen LogP contribution in [0.5, 0.6) is 0 Å². The van der Waals surface area contributed by atoms with E-state index in [2.05, 4.69) is 23.6 Å². The van der Waals surface area contributed by atoms with Gasteiger partial charge in [0.15, 0.2) is 0 Å². The van der Waals surface area contributed by atoms with Crippen molar-refractivity contribution in [2.75, 3.05) is 20.3 Å². The number of ether oxygens (including phenoxy) is 1. The van der Waals surface area contributed by atoms with Crippen molar-refractivity contribution in [1.82, 2.24) is 4.98 Å². The summed E-state index contributed by atoms with van der Waals surface area (Å²) >= 11 is 1.23. The van der Waals surface area contributed by atoms with Crippen LogP contribution in [0.2, 0.25) is 0 Å². The Morgan fingerprint density at radius 3 is 2.76 bits per heavy atom. The van der Waals surface area contributed by atoms with Crippen LogP contribution >= 0.6 is 11.3 Å². The predicted octanol–water partition coefficient (Wildman–Crippen LogP) is 0.698. The first kappa shape index (κ1) is 12.5. The van der Waals surface area contributed by atoms with Crippen LogP contribution in [0.3, 0.4) is 0 Å². The van der Waals surface area contributed by atoms with Gasteiger partial charge < -0.3 is 14.0 Å². The van der Waals surface area contributed by atoms with Gasteiger partial charge >= 0.3 is 13.1 Å². The van der Waals surface area contributed by atoms with Crippen LogP contribution in [-0.2, 0) is 14.0 Å². The number of carbonyl (C=O) groups is 1. The SMILES string of the molecule is COC(=O)c1nc(B2OCC(C)(C)CO2)cs1. The summed E-state index contributed by atoms with van der Waals surface area (Å²) < 4.78 is 15.7. The molecule has 0 spiro atoms. The van der Waals surface area contributed by atoms with E-state index in [1.165, 1.54) is 18.4 Å². The zero-order chi connectivity index (χ0) is 12.5. The monoisotopic (exact) mass is 255 g/mol. The fraction of sp³-hybridized carbons (Fsp3) is 0.600. The topological polar surface area (TPSA) is 57.7 Å². The predicted molar refractivity (Wildman–Crippen MR) is 64.5 cm³/mol. The van der Waals surface area contributed by atoms with E-state index in [4.69, 9.17) is 9.31 Å². The molecule has 0 radical (unpaired) electrons. The maximum atomic E-state index is 11.3. The maximum Gasteiger partial charge on any atom is 0.514 e. The molecule has 0 amide bonds. The third kappa shape index (κ3) is 2.85. The van der Waals surface area contributed by atoms with Gasteiger partial charge in [-0.2, -0.15) is 0 Å². The molecule has 1 aliphatic heterocycles. The van der Waals surface area contributed by atoms with Crippen LogP contribution in [0.25, 0.3) is 0 Å². The molecule has 2 heterocycles. The average Bonchev–Trinajstić information content (AvgIpc) is 2.77. The van der Waals surface area contributed by atoms with Gasteiger partial charge in [0.05, 0.1) is 12.7 Å². The third-order valence-electron chi connectivity index (χ3n) is 2.37. The van der Waals surface area contributed by atoms with Crippen molar-refractivity contribution in [1.29, 1.82) is 0 Å². The van der Waals surface area contributed by atoms with Gasteiger partial charge in [0.1, 0.15) is 0 Å². The fourth-order valence-electron chi connectivity index (χ4n) is 1.44. The molecule has 0 unspecified atom stereocenters. The number of rotatable bonds is 2. The van der Waals surface area contributed by atoms with E-state index < -0.39 is 13.1 Å². The zero-order valence-corrected chi connectivity index (χ0v) is 10.9. The summed E-state index contributed by atoms with van der Waals surface area (Å²) in [7, 11) is 0.859. The van der Waals surface area contributed by atoms with Gasteiger partial charge in [-0.25, -0.2) is 9.78 Å². The molecule has 0 aliphatic carbocycles. The van der Waals surface area contributed by atoms with Crippen LogP contribution in [0.15, 0.2) is 5.38 Å². The van der Waals surface area contributed by atoms with Gasteiger partial charge in [-0.3, -0.25) is 0 Å². The molecule has 1 aromatic rings. The van der Waals surface area contributed by atoms with Gasteiger partial charge in [-0.05, 0) is 0 Å². The smallest absolute Gasteiger partial charge is 0.464 e. The average molecular weight is 255 g/mol. The van der Waals surface area contributed by atoms with Crippen LogP contribution < -0.4 is 5.59 Å². The van der Waals surface area contributed by atoms with E-state index in [1.807, 2.05) is 0 Å². The first-order chi connectivity index (χ1) is 8.02. The summed E-state index contributed by atoms with van der Waals surface area (Å²) in [4.78, 5) is 15.4. The lowest BCUT2D eigenvalue weighted by molar-refractivity contribution is 0.0340. The first-order valence-electron chi connectivity index (χ1n) is 5.29. The highest BCUT2D eigenvalue weighted by atomic mass is 32.1. The number of nitrogens with zero attached hydrogens (tertiary/aromatic N) is 1. The van der Waals surface area contributed by atoms with Crippen molar-refractivity contribution >= 4 is 30.0 Å². The van der Waals surface area contributed by atoms with Crippen molar-refractivity contribution in [3.05, 3.63) is 10.4 Å². The molecule has 1 fully saturated rings. The largest absolute Gasteiger partial charge is 0.514 e. The van der Waals surface area contributed by atoms with Crippen LogP contribution in [-0.4, -0.2) is 38.4 Å². The van der Waals surface area contributed by atoms with Crippen molar-refractivity contribution in [3.8, 4) is 0 Å². The molecule has 0 N–H and O–H groups in total. The standard InChI is InChI=1S/C10H14BNO4S/c1-10(2)5-15-11(16-6-10)7-4-17-8(12-7)9(13)14-3/h4H,5-6H2,1-3H3. The Morgan fingerprint density at radius 2 is 2.18 bits per heavy atom. The Hall–Kier alpha value is -0.915. The van der Waals surface area contributed by atoms with E-state index in [1.54, 1.807) is 5.38 Å². The van der Waals surface area contributed by atoms with E-state index in [0.717, 1.165) is 0 Å². The number of hydrogen-bond donors (Lipinski definition) is 0. The summed E-state index contributed by atoms with van der Waals surface area (Å²) in [5.74, 6) is -0.433. The minimum absolute atomic E-state index is 0.0255. The lowest BCUT2D eigenvalue weighted by Crippen LogP contribution is -2.48. The molecule has 1 aliphatic rings. The molecular formula is C10H14BNO4S. The van der Waals surface area contributed by atoms with E-state index >= 15 is 0 Å². The number of esters is 1. The third-order valence-corrected chi connectivity index (χ3v) is 3.21. The Bertz CT molecular complexity index is 410. The number of aromatic nitrogens is 1. The normalized spacial score (nSPS) is 19.1. The van der Waals surface area contributed by atoms with Gasteiger partial charge in [-0.15, -0.1) is 11.3 Å². The van der Waals surface area contributed by atoms with Gasteiger partial charge in [0, 0.05) is 24.0 Å². The van der Waals surface area contributed by atoms with Crippen LogP contribution in [0.4, 0.5) is 0 Å². The van der Waals surface area contributed by atoms with Crippen LogP contribution in [0, 0.1) is 5.41 Å². The van der Waals surface area contributed by atoms with Gasteiger partial charge in [-0.1, -0.05) is 13.8 Å². The maximum absolute atomic E-state index is 11.3. The first-order valence-corrected chi connectivity index (χ1v) is 6.17. The summed E-state index contributed by atoms with van der Waals surface area (Å²) in [6.45, 7) is 5.37. The van der Waals surface area contributed by atoms with E-state index in [0.29, 0.717) is 23.8 Å². The van der Waals surface area contributed by atoms with Crippen LogP contribution in [0.1, 0.15) is 23.6 Å². The highest BCUT2D eigenvalue weighted by Crippen LogP contribution is 2.21. The molecule has 92 valence electrons. The lowest BCUT2D eigenvalue weighted by Gasteiger charge is -2.32. The highest BCUT2D eigenvalue weighted by Gasteiger charge is 2.35. The Balaban J connectivity index is 2.04. The second kappa shape index (κ2) is 4.76. The van der Waals surface area contributed by atoms with Crippen molar-refractivity contribution in [2.45, 2.75) is 13.8 Å². The molecule has 17 heavy (non-hydrogen) atoms. The number of methoxy groups -OCH3 is 1. The summed E-state index contributed by atoms with van der Waals surface area (Å²) in [5, 5.41) is 2.08. The molecule has 5 nitrogen and oxygen atoms in total. The van der Waals surface area contributed by atoms with E-state index in [9.17, 15) is 4.79 Å². The Morgan fingerprint density at radius 1 is 1.53 bits per heavy atom. The summed E-state index contributed by atoms with van der Waals surface area (Å²) in [6, 6.07) is 0. The van der Waals surface area contributed by atoms with E-state index in [-0.39, 0.29) is 5.41 Å². The van der Waals surface area contributed by atoms with Gasteiger partial charge in [0.25, 0.3) is 0 Å². The second-order valence-electron chi connectivity index (χ2n) is 4.69. The molecule has 0 atom stereocenters. The van der Waals surface area contributed by atoms with Gasteiger partial charge in [0.2, 0.25) is 5.01 Å². The highest BCUT2D eigenvalue weighted by molar-refractivity contribution is 7.12. The molecule has 1 saturated heterocycles. The number of thiazole rings is 1. The Labute approximate surface area is 104 Å². The van der Waals surface area contributed by atoms with Crippen molar-refractivity contribution < 1.29 is 18.8 Å². The van der Waals surface area contributed by atoms with Crippen molar-refractivity contribution in [2.24, 2.45) is 5.41 Å². The number of carbonyl (C=O) groups excluding carboxylic acids is 1. The minimum Gasteiger partial charge on any atom is -0.464 e. The molecular weight excluding hydrogens is 241 g/mol. The van der Waals surface area contributed by atoms with Crippen molar-refractivity contribution in [3.63, 3.8) is 0 Å². The minimum atomic E-state index is -0.474. The molecule has 0 bridgehead atoms. The number of hydrogen-bond acceptors (Lipinski definition) is 6. The quantitative estimate of drug-likeness (QED) is 0.575. The molecule has 1 aromatic heterocycles. The lowest BCUT2D eigenvalue weighted by atomic mass is 9.81. The summed E-state index contributed by atoms with van der Waals surface area (Å²) in [6.07, 6.45) is 0. The fourth-order valence-corrected chi connectivity index (χ4v) is 2.17. The zero-order valence-electron chi connectivity index (χ0n) is 10.1. The Kier molecular flexibility index (Phi) is 3.51. The molecule has 7 heteroatoms. The molecule has 2 rings (SSSR count). The molecule has 0 saturated carbocycles. The summed E-state index contributed by atoms with van der Waals surface area (Å²) in [5.41, 5.74) is 0.656. The second-order valence-corrected chi connectivity index (χ2v) is 5.55.